The average molecular weight is 265 g/mol. The Morgan fingerprint density at radius 2 is 2.11 bits per heavy atom. The van der Waals surface area contributed by atoms with Crippen molar-refractivity contribution in [3.8, 4) is 6.01 Å². The van der Waals surface area contributed by atoms with Crippen LogP contribution in [-0.2, 0) is 4.79 Å². The fourth-order valence-corrected chi connectivity index (χ4v) is 1.20. The van der Waals surface area contributed by atoms with Gasteiger partial charge in [0, 0.05) is 24.0 Å². The van der Waals surface area contributed by atoms with Crippen LogP contribution in [-0.4, -0.2) is 39.7 Å². The summed E-state index contributed by atoms with van der Waals surface area (Å²) < 4.78 is 5.11. The number of amides is 1. The van der Waals surface area contributed by atoms with Gasteiger partial charge in [0.05, 0.1) is 18.8 Å². The number of nitrogens with one attached hydrogen (secondary N) is 1. The van der Waals surface area contributed by atoms with Gasteiger partial charge in [0.2, 0.25) is 5.91 Å². The summed E-state index contributed by atoms with van der Waals surface area (Å²) in [6.07, 6.45) is 6.10. The van der Waals surface area contributed by atoms with Gasteiger partial charge in [-0.3, -0.25) is 4.79 Å². The molecule has 1 aromatic rings. The van der Waals surface area contributed by atoms with Crippen LogP contribution in [0.5, 0.6) is 6.01 Å². The number of aliphatic hydroxyl groups is 1. The quantitative estimate of drug-likeness (QED) is 0.742. The molecule has 0 spiro atoms. The number of rotatable bonds is 6. The Labute approximate surface area is 112 Å². The number of hydrogen-bond acceptors (Lipinski definition) is 5. The second-order valence-corrected chi connectivity index (χ2v) is 4.60. The number of ether oxygens (including phenoxy) is 1. The van der Waals surface area contributed by atoms with E-state index < -0.39 is 5.54 Å². The maximum atomic E-state index is 11.6. The van der Waals surface area contributed by atoms with Crippen molar-refractivity contribution in [1.82, 2.24) is 15.3 Å². The van der Waals surface area contributed by atoms with Gasteiger partial charge in [0.1, 0.15) is 0 Å². The first kappa shape index (κ1) is 15.1. The Morgan fingerprint density at radius 3 is 2.63 bits per heavy atom. The Bertz CT molecular complexity index is 441. The number of carbonyl (C=O) groups excluding carboxylic acids is 1. The molecule has 0 bridgehead atoms. The van der Waals surface area contributed by atoms with Crippen molar-refractivity contribution >= 4 is 12.0 Å². The molecular weight excluding hydrogens is 246 g/mol. The molecule has 0 radical (unpaired) electrons. The molecule has 0 aliphatic carbocycles. The smallest absolute Gasteiger partial charge is 0.316 e. The summed E-state index contributed by atoms with van der Waals surface area (Å²) >= 11 is 0. The summed E-state index contributed by atoms with van der Waals surface area (Å²) in [6.45, 7) is 5.70. The van der Waals surface area contributed by atoms with Gasteiger partial charge < -0.3 is 15.2 Å². The van der Waals surface area contributed by atoms with E-state index in [1.54, 1.807) is 32.3 Å². The summed E-state index contributed by atoms with van der Waals surface area (Å²) in [4.78, 5) is 19.5. The first-order valence-corrected chi connectivity index (χ1v) is 6.03. The van der Waals surface area contributed by atoms with Crippen molar-refractivity contribution in [2.45, 2.75) is 26.3 Å². The number of nitrogens with zero attached hydrogens (tertiary/aromatic N) is 2. The lowest BCUT2D eigenvalue weighted by Gasteiger charge is -2.22. The fraction of sp³-hybridized carbons (Fsp3) is 0.462. The Kier molecular flexibility index (Phi) is 5.44. The third kappa shape index (κ3) is 5.48. The highest BCUT2D eigenvalue weighted by Gasteiger charge is 2.17. The van der Waals surface area contributed by atoms with Crippen LogP contribution in [0, 0.1) is 0 Å². The Morgan fingerprint density at radius 1 is 1.47 bits per heavy atom. The Hall–Kier alpha value is -1.95. The second kappa shape index (κ2) is 6.84. The molecule has 0 aromatic carbocycles. The molecular formula is C13H19N3O3. The van der Waals surface area contributed by atoms with Gasteiger partial charge >= 0.3 is 6.01 Å². The SMILES string of the molecule is CCOc1ncc(/C=C/C(=O)NC(C)(C)CO)cn1. The zero-order valence-corrected chi connectivity index (χ0v) is 11.4. The highest BCUT2D eigenvalue weighted by Crippen LogP contribution is 2.05. The van der Waals surface area contributed by atoms with E-state index in [-0.39, 0.29) is 12.5 Å². The summed E-state index contributed by atoms with van der Waals surface area (Å²) in [5.41, 5.74) is 0.0527. The molecule has 2 N–H and O–H groups in total. The molecule has 0 aliphatic heterocycles. The van der Waals surface area contributed by atoms with Gasteiger partial charge in [-0.25, -0.2) is 9.97 Å². The van der Waals surface area contributed by atoms with Crippen LogP contribution in [0.3, 0.4) is 0 Å². The third-order valence-electron chi connectivity index (χ3n) is 2.21. The molecule has 104 valence electrons. The molecule has 0 saturated heterocycles. The third-order valence-corrected chi connectivity index (χ3v) is 2.21. The van der Waals surface area contributed by atoms with E-state index in [2.05, 4.69) is 15.3 Å². The molecule has 6 heteroatoms. The Balaban J connectivity index is 2.58. The van der Waals surface area contributed by atoms with Crippen molar-refractivity contribution in [3.05, 3.63) is 24.0 Å². The van der Waals surface area contributed by atoms with E-state index in [1.165, 1.54) is 6.08 Å². The summed E-state index contributed by atoms with van der Waals surface area (Å²) in [5, 5.41) is 11.7. The maximum Gasteiger partial charge on any atom is 0.316 e. The van der Waals surface area contributed by atoms with E-state index in [4.69, 9.17) is 9.84 Å². The van der Waals surface area contributed by atoms with Crippen molar-refractivity contribution in [3.63, 3.8) is 0 Å². The summed E-state index contributed by atoms with van der Waals surface area (Å²) in [5.74, 6) is -0.284. The molecule has 0 aliphatic rings. The van der Waals surface area contributed by atoms with Crippen molar-refractivity contribution in [2.24, 2.45) is 0 Å². The number of hydrogen-bond donors (Lipinski definition) is 2. The zero-order valence-electron chi connectivity index (χ0n) is 11.4. The number of aromatic nitrogens is 2. The minimum absolute atomic E-state index is 0.126. The van der Waals surface area contributed by atoms with Crippen LogP contribution >= 0.6 is 0 Å². The van der Waals surface area contributed by atoms with Crippen LogP contribution in [0.2, 0.25) is 0 Å². The van der Waals surface area contributed by atoms with Gasteiger partial charge in [-0.05, 0) is 26.8 Å². The van der Waals surface area contributed by atoms with Gasteiger partial charge in [0.15, 0.2) is 0 Å². The molecule has 1 amide bonds. The van der Waals surface area contributed by atoms with Crippen LogP contribution < -0.4 is 10.1 Å². The van der Waals surface area contributed by atoms with E-state index in [0.29, 0.717) is 18.2 Å². The molecule has 1 rings (SSSR count). The van der Waals surface area contributed by atoms with E-state index >= 15 is 0 Å². The zero-order chi connectivity index (χ0) is 14.3. The largest absolute Gasteiger partial charge is 0.464 e. The van der Waals surface area contributed by atoms with E-state index in [1.807, 2.05) is 6.92 Å². The van der Waals surface area contributed by atoms with E-state index in [0.717, 1.165) is 0 Å². The molecule has 0 unspecified atom stereocenters. The minimum Gasteiger partial charge on any atom is -0.464 e. The lowest BCUT2D eigenvalue weighted by Crippen LogP contribution is -2.45. The van der Waals surface area contributed by atoms with Crippen molar-refractivity contribution in [2.75, 3.05) is 13.2 Å². The van der Waals surface area contributed by atoms with Crippen molar-refractivity contribution in [1.29, 1.82) is 0 Å². The minimum atomic E-state index is -0.642. The first-order chi connectivity index (χ1) is 8.96. The second-order valence-electron chi connectivity index (χ2n) is 4.60. The average Bonchev–Trinajstić information content (AvgIpc) is 2.38. The highest BCUT2D eigenvalue weighted by molar-refractivity contribution is 5.92. The lowest BCUT2D eigenvalue weighted by molar-refractivity contribution is -0.118. The van der Waals surface area contributed by atoms with Crippen LogP contribution in [0.4, 0.5) is 0 Å². The van der Waals surface area contributed by atoms with Gasteiger partial charge in [-0.1, -0.05) is 0 Å². The standard InChI is InChI=1S/C13H19N3O3/c1-4-19-12-14-7-10(8-15-12)5-6-11(18)16-13(2,3)9-17/h5-8,17H,4,9H2,1-3H3,(H,16,18)/b6-5+. The number of aliphatic hydroxyl groups excluding tert-OH is 1. The lowest BCUT2D eigenvalue weighted by atomic mass is 10.1. The number of carbonyl (C=O) groups is 1. The fourth-order valence-electron chi connectivity index (χ4n) is 1.20. The summed E-state index contributed by atoms with van der Waals surface area (Å²) in [6, 6.07) is 0.311. The predicted molar refractivity (Wildman–Crippen MR) is 71.5 cm³/mol. The normalized spacial score (nSPS) is 11.6. The topological polar surface area (TPSA) is 84.3 Å². The van der Waals surface area contributed by atoms with E-state index in [9.17, 15) is 4.79 Å². The van der Waals surface area contributed by atoms with Gasteiger partial charge in [-0.15, -0.1) is 0 Å². The molecule has 0 saturated carbocycles. The van der Waals surface area contributed by atoms with Crippen LogP contribution in [0.1, 0.15) is 26.3 Å². The van der Waals surface area contributed by atoms with Crippen LogP contribution in [0.25, 0.3) is 6.08 Å². The first-order valence-electron chi connectivity index (χ1n) is 6.03. The van der Waals surface area contributed by atoms with Crippen molar-refractivity contribution < 1.29 is 14.6 Å². The summed E-state index contributed by atoms with van der Waals surface area (Å²) in [7, 11) is 0. The molecule has 1 heterocycles. The molecule has 0 fully saturated rings. The molecule has 19 heavy (non-hydrogen) atoms. The molecule has 6 nitrogen and oxygen atoms in total. The maximum absolute atomic E-state index is 11.6. The molecule has 0 atom stereocenters. The van der Waals surface area contributed by atoms with Gasteiger partial charge in [0.25, 0.3) is 0 Å². The molecule has 1 aromatic heterocycles. The predicted octanol–water partition coefficient (Wildman–Crippen LogP) is 0.776. The van der Waals surface area contributed by atoms with Gasteiger partial charge in [-0.2, -0.15) is 0 Å². The highest BCUT2D eigenvalue weighted by atomic mass is 16.5. The monoisotopic (exact) mass is 265 g/mol. The van der Waals surface area contributed by atoms with Crippen LogP contribution in [0.15, 0.2) is 18.5 Å².